The van der Waals surface area contributed by atoms with Crippen molar-refractivity contribution in [1.29, 1.82) is 0 Å². The van der Waals surface area contributed by atoms with Crippen LogP contribution in [0.25, 0.3) is 21.6 Å². The highest BCUT2D eigenvalue weighted by Crippen LogP contribution is 2.41. The van der Waals surface area contributed by atoms with Gasteiger partial charge in [-0.15, -0.1) is 0 Å². The fourth-order valence-corrected chi connectivity index (χ4v) is 5.06. The van der Waals surface area contributed by atoms with Crippen LogP contribution in [0.5, 0.6) is 0 Å². The summed E-state index contributed by atoms with van der Waals surface area (Å²) in [6, 6.07) is 5.94. The van der Waals surface area contributed by atoms with Gasteiger partial charge >= 0.3 is 0 Å². The van der Waals surface area contributed by atoms with Crippen molar-refractivity contribution in [2.75, 3.05) is 30.9 Å². The van der Waals surface area contributed by atoms with Gasteiger partial charge in [-0.05, 0) is 56.1 Å². The SMILES string of the molecule is C[C@@H]1COCCN1c1cc(C(C)(C)S(C)(=O)=O)c2snc(-c3ccc[nH]3)c2n1. The lowest BCUT2D eigenvalue weighted by atomic mass is 10.0. The molecule has 7 nitrogen and oxygen atoms in total. The third-order valence-corrected chi connectivity index (χ3v) is 8.45. The average molecular weight is 421 g/mol. The highest BCUT2D eigenvalue weighted by molar-refractivity contribution is 7.91. The first-order valence-electron chi connectivity index (χ1n) is 9.19. The molecule has 3 aromatic heterocycles. The quantitative estimate of drug-likeness (QED) is 0.697. The summed E-state index contributed by atoms with van der Waals surface area (Å²) in [5, 5.41) is 0. The summed E-state index contributed by atoms with van der Waals surface area (Å²) in [4.78, 5) is 10.3. The van der Waals surface area contributed by atoms with Gasteiger partial charge in [-0.1, -0.05) is 0 Å². The zero-order chi connectivity index (χ0) is 20.1. The Kier molecular flexibility index (Phi) is 4.71. The predicted octanol–water partition coefficient (Wildman–Crippen LogP) is 3.19. The molecule has 1 fully saturated rings. The van der Waals surface area contributed by atoms with E-state index in [0.717, 1.165) is 33.0 Å². The second-order valence-electron chi connectivity index (χ2n) is 7.72. The van der Waals surface area contributed by atoms with E-state index in [0.29, 0.717) is 19.8 Å². The summed E-state index contributed by atoms with van der Waals surface area (Å²) in [6.45, 7) is 7.55. The minimum absolute atomic E-state index is 0.161. The third kappa shape index (κ3) is 3.11. The Morgan fingerprint density at radius 1 is 1.39 bits per heavy atom. The van der Waals surface area contributed by atoms with Gasteiger partial charge in [0.05, 0.1) is 34.4 Å². The highest BCUT2D eigenvalue weighted by Gasteiger charge is 2.36. The first kappa shape index (κ1) is 19.4. The summed E-state index contributed by atoms with van der Waals surface area (Å²) in [5.74, 6) is 0.767. The van der Waals surface area contributed by atoms with E-state index in [2.05, 4.69) is 21.2 Å². The lowest BCUT2D eigenvalue weighted by Gasteiger charge is -2.35. The van der Waals surface area contributed by atoms with Gasteiger partial charge in [-0.2, -0.15) is 4.37 Å². The van der Waals surface area contributed by atoms with Crippen molar-refractivity contribution in [3.8, 4) is 11.4 Å². The number of hydrogen-bond acceptors (Lipinski definition) is 7. The van der Waals surface area contributed by atoms with Crippen molar-refractivity contribution in [1.82, 2.24) is 14.3 Å². The van der Waals surface area contributed by atoms with E-state index in [1.807, 2.05) is 24.4 Å². The number of pyridine rings is 1. The molecule has 1 N–H and O–H groups in total. The lowest BCUT2D eigenvalue weighted by molar-refractivity contribution is 0.0985. The Labute approximate surface area is 168 Å². The molecule has 0 radical (unpaired) electrons. The van der Waals surface area contributed by atoms with Gasteiger partial charge < -0.3 is 14.6 Å². The number of nitrogens with one attached hydrogen (secondary N) is 1. The molecule has 0 unspecified atom stereocenters. The Morgan fingerprint density at radius 2 is 2.18 bits per heavy atom. The summed E-state index contributed by atoms with van der Waals surface area (Å²) in [5.41, 5.74) is 3.09. The molecule has 0 spiro atoms. The lowest BCUT2D eigenvalue weighted by Crippen LogP contribution is -2.44. The van der Waals surface area contributed by atoms with Crippen LogP contribution in [0.2, 0.25) is 0 Å². The maximum absolute atomic E-state index is 12.6. The first-order chi connectivity index (χ1) is 13.2. The summed E-state index contributed by atoms with van der Waals surface area (Å²) in [6.07, 6.45) is 3.12. The van der Waals surface area contributed by atoms with Gasteiger partial charge in [0.25, 0.3) is 0 Å². The molecule has 9 heteroatoms. The van der Waals surface area contributed by atoms with Crippen molar-refractivity contribution in [3.63, 3.8) is 0 Å². The van der Waals surface area contributed by atoms with Crippen molar-refractivity contribution in [2.45, 2.75) is 31.6 Å². The standard InChI is InChI=1S/C19H24N4O3S2/c1-12-11-26-9-8-23(12)15-10-13(19(2,3)28(4,24)25)18-17(21-15)16(22-27-18)14-6-5-7-20-14/h5-7,10,12,20H,8-9,11H2,1-4H3/t12-/m1/s1. The minimum atomic E-state index is -3.35. The highest BCUT2D eigenvalue weighted by atomic mass is 32.2. The van der Waals surface area contributed by atoms with Gasteiger partial charge in [0.2, 0.25) is 0 Å². The van der Waals surface area contributed by atoms with Crippen LogP contribution in [-0.4, -0.2) is 54.8 Å². The largest absolute Gasteiger partial charge is 0.377 e. The van der Waals surface area contributed by atoms with E-state index in [1.165, 1.54) is 17.8 Å². The molecule has 1 saturated heterocycles. The number of anilines is 1. The van der Waals surface area contributed by atoms with E-state index in [1.54, 1.807) is 13.8 Å². The van der Waals surface area contributed by atoms with Gasteiger partial charge in [0.1, 0.15) is 17.0 Å². The summed E-state index contributed by atoms with van der Waals surface area (Å²) >= 11 is 1.30. The van der Waals surface area contributed by atoms with E-state index in [4.69, 9.17) is 9.72 Å². The molecule has 4 heterocycles. The number of sulfone groups is 1. The smallest absolute Gasteiger partial charge is 0.156 e. The molecule has 0 aliphatic carbocycles. The van der Waals surface area contributed by atoms with Crippen LogP contribution in [0.1, 0.15) is 26.3 Å². The number of H-pyrrole nitrogens is 1. The number of aromatic amines is 1. The van der Waals surface area contributed by atoms with Crippen LogP contribution in [-0.2, 0) is 19.3 Å². The van der Waals surface area contributed by atoms with Crippen molar-refractivity contribution < 1.29 is 13.2 Å². The molecule has 0 saturated carbocycles. The van der Waals surface area contributed by atoms with E-state index >= 15 is 0 Å². The van der Waals surface area contributed by atoms with E-state index in [-0.39, 0.29) is 6.04 Å². The van der Waals surface area contributed by atoms with Crippen molar-refractivity contribution >= 4 is 37.4 Å². The fraction of sp³-hybridized carbons (Fsp3) is 0.474. The number of ether oxygens (including phenoxy) is 1. The fourth-order valence-electron chi connectivity index (χ4n) is 3.42. The normalized spacial score (nSPS) is 18.7. The monoisotopic (exact) mass is 420 g/mol. The molecular formula is C19H24N4O3S2. The number of morpholine rings is 1. The molecule has 3 aromatic rings. The van der Waals surface area contributed by atoms with Crippen LogP contribution < -0.4 is 4.90 Å². The van der Waals surface area contributed by atoms with Crippen LogP contribution >= 0.6 is 11.5 Å². The maximum Gasteiger partial charge on any atom is 0.156 e. The van der Waals surface area contributed by atoms with Gasteiger partial charge in [0, 0.05) is 19.0 Å². The summed E-state index contributed by atoms with van der Waals surface area (Å²) < 4.78 is 35.1. The van der Waals surface area contributed by atoms with Gasteiger partial charge in [-0.25, -0.2) is 13.4 Å². The third-order valence-electron chi connectivity index (χ3n) is 5.50. The molecule has 0 amide bonds. The number of nitrogens with zero attached hydrogens (tertiary/aromatic N) is 3. The molecular weight excluding hydrogens is 396 g/mol. The Morgan fingerprint density at radius 3 is 2.82 bits per heavy atom. The molecule has 1 atom stereocenters. The average Bonchev–Trinajstić information content (AvgIpc) is 3.29. The first-order valence-corrected chi connectivity index (χ1v) is 11.9. The Bertz CT molecular complexity index is 1100. The van der Waals surface area contributed by atoms with Crippen LogP contribution in [0.15, 0.2) is 24.4 Å². The van der Waals surface area contributed by atoms with Gasteiger partial charge in [-0.3, -0.25) is 0 Å². The van der Waals surface area contributed by atoms with Crippen LogP contribution in [0.3, 0.4) is 0 Å². The second-order valence-corrected chi connectivity index (χ2v) is 11.1. The molecule has 0 aromatic carbocycles. The van der Waals surface area contributed by atoms with Crippen molar-refractivity contribution in [3.05, 3.63) is 30.0 Å². The molecule has 28 heavy (non-hydrogen) atoms. The zero-order valence-corrected chi connectivity index (χ0v) is 18.0. The molecule has 1 aliphatic rings. The van der Waals surface area contributed by atoms with E-state index < -0.39 is 14.6 Å². The molecule has 0 bridgehead atoms. The number of aromatic nitrogens is 3. The number of hydrogen-bond donors (Lipinski definition) is 1. The van der Waals surface area contributed by atoms with Gasteiger partial charge in [0.15, 0.2) is 9.84 Å². The van der Waals surface area contributed by atoms with Crippen molar-refractivity contribution in [2.24, 2.45) is 0 Å². The van der Waals surface area contributed by atoms with Crippen LogP contribution in [0.4, 0.5) is 5.82 Å². The topological polar surface area (TPSA) is 88.2 Å². The van der Waals surface area contributed by atoms with Crippen LogP contribution in [0, 0.1) is 0 Å². The Balaban J connectivity index is 1.99. The zero-order valence-electron chi connectivity index (χ0n) is 16.4. The molecule has 1 aliphatic heterocycles. The Hall–Kier alpha value is -1.97. The molecule has 4 rings (SSSR count). The second kappa shape index (κ2) is 6.82. The summed E-state index contributed by atoms with van der Waals surface area (Å²) in [7, 11) is -3.35. The number of fused-ring (bicyclic) bond motifs is 1. The minimum Gasteiger partial charge on any atom is -0.377 e. The van der Waals surface area contributed by atoms with E-state index in [9.17, 15) is 8.42 Å². The predicted molar refractivity (Wildman–Crippen MR) is 113 cm³/mol. The number of rotatable bonds is 4. The maximum atomic E-state index is 12.6. The molecule has 150 valence electrons.